The molecule has 0 aliphatic heterocycles. The van der Waals surface area contributed by atoms with Gasteiger partial charge >= 0.3 is 0 Å². The fourth-order valence-corrected chi connectivity index (χ4v) is 3.95. The van der Waals surface area contributed by atoms with Gasteiger partial charge in [-0.2, -0.15) is 0 Å². The third kappa shape index (κ3) is 4.20. The normalized spacial score (nSPS) is 10.9. The minimum atomic E-state index is 0.00191. The Kier molecular flexibility index (Phi) is 4.94. The molecular formula is C22H19N3OS. The molecule has 27 heavy (non-hydrogen) atoms. The summed E-state index contributed by atoms with van der Waals surface area (Å²) in [6, 6.07) is 18.0. The van der Waals surface area contributed by atoms with Crippen LogP contribution in [0.1, 0.15) is 17.5 Å². The number of nitrogens with zero attached hydrogens (tertiary/aromatic N) is 2. The number of carbonyl (C=O) groups is 1. The monoisotopic (exact) mass is 373 g/mol. The Morgan fingerprint density at radius 3 is 2.74 bits per heavy atom. The first-order chi connectivity index (χ1) is 13.2. The Labute approximate surface area is 161 Å². The van der Waals surface area contributed by atoms with Gasteiger partial charge in [-0.1, -0.05) is 12.1 Å². The lowest BCUT2D eigenvalue weighted by molar-refractivity contribution is -0.116. The predicted octanol–water partition coefficient (Wildman–Crippen LogP) is 5.24. The first-order valence-corrected chi connectivity index (χ1v) is 9.65. The van der Waals surface area contributed by atoms with E-state index < -0.39 is 0 Å². The lowest BCUT2D eigenvalue weighted by atomic mass is 10.1. The topological polar surface area (TPSA) is 54.9 Å². The third-order valence-electron chi connectivity index (χ3n) is 4.32. The molecule has 0 atom stereocenters. The number of carbonyl (C=O) groups excluding carboxylic acids is 1. The van der Waals surface area contributed by atoms with Crippen molar-refractivity contribution in [3.05, 3.63) is 78.1 Å². The molecule has 2 heterocycles. The maximum Gasteiger partial charge on any atom is 0.224 e. The van der Waals surface area contributed by atoms with Crippen LogP contribution in [-0.4, -0.2) is 15.9 Å². The van der Waals surface area contributed by atoms with Gasteiger partial charge in [0.05, 0.1) is 10.2 Å². The highest BCUT2D eigenvalue weighted by Crippen LogP contribution is 2.31. The van der Waals surface area contributed by atoms with E-state index in [-0.39, 0.29) is 5.91 Å². The quantitative estimate of drug-likeness (QED) is 0.521. The van der Waals surface area contributed by atoms with Gasteiger partial charge in [-0.05, 0) is 66.9 Å². The van der Waals surface area contributed by atoms with E-state index in [2.05, 4.69) is 35.4 Å². The Hall–Kier alpha value is -3.05. The van der Waals surface area contributed by atoms with Crippen LogP contribution >= 0.6 is 11.3 Å². The Bertz CT molecular complexity index is 1070. The van der Waals surface area contributed by atoms with Crippen LogP contribution in [0, 0.1) is 6.92 Å². The smallest absolute Gasteiger partial charge is 0.224 e. The summed E-state index contributed by atoms with van der Waals surface area (Å²) in [4.78, 5) is 20.9. The van der Waals surface area contributed by atoms with Crippen LogP contribution in [0.3, 0.4) is 0 Å². The summed E-state index contributed by atoms with van der Waals surface area (Å²) in [6.07, 6.45) is 4.65. The Balaban J connectivity index is 1.41. The number of aryl methyl sites for hydroxylation is 2. The number of aromatic nitrogens is 2. The first kappa shape index (κ1) is 17.4. The van der Waals surface area contributed by atoms with Crippen molar-refractivity contribution in [2.45, 2.75) is 19.8 Å². The molecular weight excluding hydrogens is 354 g/mol. The highest BCUT2D eigenvalue weighted by Gasteiger charge is 2.08. The van der Waals surface area contributed by atoms with Gasteiger partial charge in [0, 0.05) is 30.1 Å². The fraction of sp³-hybridized carbons (Fsp3) is 0.136. The van der Waals surface area contributed by atoms with Crippen LogP contribution < -0.4 is 5.32 Å². The van der Waals surface area contributed by atoms with E-state index in [1.165, 1.54) is 10.3 Å². The van der Waals surface area contributed by atoms with Crippen molar-refractivity contribution in [2.75, 3.05) is 5.32 Å². The number of fused-ring (bicyclic) bond motifs is 1. The Morgan fingerprint density at radius 2 is 1.96 bits per heavy atom. The second-order valence-corrected chi connectivity index (χ2v) is 7.51. The molecule has 2 aromatic carbocycles. The summed E-state index contributed by atoms with van der Waals surface area (Å²) >= 11 is 1.69. The predicted molar refractivity (Wildman–Crippen MR) is 111 cm³/mol. The molecule has 1 N–H and O–H groups in total. The van der Waals surface area contributed by atoms with E-state index in [1.54, 1.807) is 23.7 Å². The van der Waals surface area contributed by atoms with Crippen LogP contribution in [0.4, 0.5) is 5.69 Å². The number of rotatable bonds is 5. The number of hydrogen-bond donors (Lipinski definition) is 1. The summed E-state index contributed by atoms with van der Waals surface area (Å²) in [5.74, 6) is 0.00191. The average molecular weight is 373 g/mol. The van der Waals surface area contributed by atoms with Crippen LogP contribution in [-0.2, 0) is 11.2 Å². The largest absolute Gasteiger partial charge is 0.326 e. The van der Waals surface area contributed by atoms with E-state index in [9.17, 15) is 4.79 Å². The zero-order valence-electron chi connectivity index (χ0n) is 15.0. The number of nitrogens with one attached hydrogen (secondary N) is 1. The summed E-state index contributed by atoms with van der Waals surface area (Å²) in [5.41, 5.74) is 5.18. The van der Waals surface area contributed by atoms with Crippen molar-refractivity contribution >= 4 is 33.1 Å². The molecule has 4 nitrogen and oxygen atoms in total. The SMILES string of the molecule is Cc1ccc2nc(-c3ccc(NC(=O)CCc4cccnc4)cc3)sc2c1. The van der Waals surface area contributed by atoms with Crippen LogP contribution in [0.15, 0.2) is 67.0 Å². The lowest BCUT2D eigenvalue weighted by Gasteiger charge is -2.06. The van der Waals surface area contributed by atoms with E-state index in [0.29, 0.717) is 12.8 Å². The molecule has 0 saturated carbocycles. The van der Waals surface area contributed by atoms with Gasteiger partial charge < -0.3 is 5.32 Å². The van der Waals surface area contributed by atoms with Gasteiger partial charge in [-0.3, -0.25) is 9.78 Å². The molecule has 4 rings (SSSR count). The highest BCUT2D eigenvalue weighted by atomic mass is 32.1. The van der Waals surface area contributed by atoms with E-state index in [0.717, 1.165) is 27.3 Å². The number of amides is 1. The third-order valence-corrected chi connectivity index (χ3v) is 5.39. The van der Waals surface area contributed by atoms with Gasteiger partial charge in [0.2, 0.25) is 5.91 Å². The summed E-state index contributed by atoms with van der Waals surface area (Å²) in [5, 5.41) is 3.94. The Morgan fingerprint density at radius 1 is 1.11 bits per heavy atom. The number of pyridine rings is 1. The van der Waals surface area contributed by atoms with Crippen molar-refractivity contribution in [1.29, 1.82) is 0 Å². The van der Waals surface area contributed by atoms with Crippen molar-refractivity contribution < 1.29 is 4.79 Å². The van der Waals surface area contributed by atoms with Gasteiger partial charge in [-0.25, -0.2) is 4.98 Å². The molecule has 5 heteroatoms. The lowest BCUT2D eigenvalue weighted by Crippen LogP contribution is -2.12. The zero-order valence-corrected chi connectivity index (χ0v) is 15.8. The molecule has 0 saturated heterocycles. The zero-order chi connectivity index (χ0) is 18.6. The fourth-order valence-electron chi connectivity index (χ4n) is 2.88. The molecule has 0 radical (unpaired) electrons. The molecule has 0 fully saturated rings. The second kappa shape index (κ2) is 7.68. The van der Waals surface area contributed by atoms with Gasteiger partial charge in [-0.15, -0.1) is 11.3 Å². The molecule has 1 amide bonds. The number of anilines is 1. The maximum absolute atomic E-state index is 12.1. The molecule has 0 aliphatic carbocycles. The van der Waals surface area contributed by atoms with Crippen molar-refractivity contribution in [2.24, 2.45) is 0 Å². The van der Waals surface area contributed by atoms with Crippen molar-refractivity contribution in [1.82, 2.24) is 9.97 Å². The molecule has 134 valence electrons. The number of thiazole rings is 1. The summed E-state index contributed by atoms with van der Waals surface area (Å²) < 4.78 is 1.19. The van der Waals surface area contributed by atoms with Gasteiger partial charge in [0.25, 0.3) is 0 Å². The van der Waals surface area contributed by atoms with E-state index in [4.69, 9.17) is 4.98 Å². The summed E-state index contributed by atoms with van der Waals surface area (Å²) in [6.45, 7) is 2.09. The molecule has 4 aromatic rings. The van der Waals surface area contributed by atoms with Gasteiger partial charge in [0.15, 0.2) is 0 Å². The molecule has 0 spiro atoms. The minimum absolute atomic E-state index is 0.00191. The van der Waals surface area contributed by atoms with Crippen LogP contribution in [0.25, 0.3) is 20.8 Å². The van der Waals surface area contributed by atoms with E-state index in [1.807, 2.05) is 36.4 Å². The highest BCUT2D eigenvalue weighted by molar-refractivity contribution is 7.21. The van der Waals surface area contributed by atoms with Crippen molar-refractivity contribution in [3.63, 3.8) is 0 Å². The molecule has 0 bridgehead atoms. The standard InChI is InChI=1S/C22H19N3OS/c1-15-4-10-19-20(13-15)27-22(25-19)17-6-8-18(9-7-17)24-21(26)11-5-16-3-2-12-23-14-16/h2-4,6-10,12-14H,5,11H2,1H3,(H,24,26). The van der Waals surface area contributed by atoms with Crippen molar-refractivity contribution in [3.8, 4) is 10.6 Å². The minimum Gasteiger partial charge on any atom is -0.326 e. The molecule has 2 aromatic heterocycles. The number of benzene rings is 2. The van der Waals surface area contributed by atoms with Crippen LogP contribution in [0.5, 0.6) is 0 Å². The molecule has 0 aliphatic rings. The van der Waals surface area contributed by atoms with Gasteiger partial charge in [0.1, 0.15) is 5.01 Å². The molecule has 0 unspecified atom stereocenters. The average Bonchev–Trinajstić information content (AvgIpc) is 3.11. The summed E-state index contributed by atoms with van der Waals surface area (Å²) in [7, 11) is 0. The second-order valence-electron chi connectivity index (χ2n) is 6.48. The number of hydrogen-bond acceptors (Lipinski definition) is 4. The maximum atomic E-state index is 12.1. The first-order valence-electron chi connectivity index (χ1n) is 8.84. The van der Waals surface area contributed by atoms with E-state index >= 15 is 0 Å². The van der Waals surface area contributed by atoms with Crippen LogP contribution in [0.2, 0.25) is 0 Å².